The Morgan fingerprint density at radius 3 is 2.59 bits per heavy atom. The maximum Gasteiger partial charge on any atom is 0.287 e. The number of pyridine rings is 1. The van der Waals surface area contributed by atoms with Crippen molar-refractivity contribution in [1.29, 1.82) is 0 Å². The molecule has 3 aromatic rings. The summed E-state index contributed by atoms with van der Waals surface area (Å²) in [7, 11) is 2.15. The molecule has 1 saturated heterocycles. The van der Waals surface area contributed by atoms with Crippen LogP contribution >= 0.6 is 0 Å². The van der Waals surface area contributed by atoms with E-state index in [1.165, 1.54) is 28.7 Å². The number of aromatic nitrogens is 1. The number of anilines is 3. The van der Waals surface area contributed by atoms with Crippen molar-refractivity contribution in [3.05, 3.63) is 64.8 Å². The molecule has 0 amide bonds. The van der Waals surface area contributed by atoms with Gasteiger partial charge in [0.05, 0.1) is 4.92 Å². The number of nitrogens with one attached hydrogen (secondary N) is 1. The molecule has 1 aliphatic rings. The molecule has 4 rings (SSSR count). The SMILES string of the molecule is CN1CCN(c2cccc3ccc(Nc4ccc([N+](=O)[O-])cn4)cc23)CC1. The van der Waals surface area contributed by atoms with Gasteiger partial charge in [0, 0.05) is 49.0 Å². The van der Waals surface area contributed by atoms with Gasteiger partial charge in [-0.3, -0.25) is 10.1 Å². The Hall–Kier alpha value is -3.19. The molecule has 0 spiro atoms. The van der Waals surface area contributed by atoms with Gasteiger partial charge in [-0.25, -0.2) is 4.98 Å². The second-order valence-corrected chi connectivity index (χ2v) is 6.79. The summed E-state index contributed by atoms with van der Waals surface area (Å²) in [5.74, 6) is 0.581. The third kappa shape index (κ3) is 3.68. The van der Waals surface area contributed by atoms with Gasteiger partial charge in [-0.05, 0) is 36.7 Å². The lowest BCUT2D eigenvalue weighted by Crippen LogP contribution is -2.44. The van der Waals surface area contributed by atoms with Crippen molar-refractivity contribution in [3.8, 4) is 0 Å². The minimum atomic E-state index is -0.449. The minimum absolute atomic E-state index is 0.0172. The van der Waals surface area contributed by atoms with Gasteiger partial charge in [-0.2, -0.15) is 0 Å². The Labute approximate surface area is 157 Å². The van der Waals surface area contributed by atoms with Gasteiger partial charge >= 0.3 is 0 Å². The summed E-state index contributed by atoms with van der Waals surface area (Å²) in [4.78, 5) is 19.2. The topological polar surface area (TPSA) is 74.5 Å². The Balaban J connectivity index is 1.62. The number of nitro groups is 1. The van der Waals surface area contributed by atoms with Crippen molar-refractivity contribution >= 4 is 33.7 Å². The molecule has 2 heterocycles. The molecule has 1 N–H and O–H groups in total. The molecular weight excluding hydrogens is 342 g/mol. The van der Waals surface area contributed by atoms with Gasteiger partial charge in [-0.1, -0.05) is 18.2 Å². The van der Waals surface area contributed by atoms with Crippen molar-refractivity contribution in [2.45, 2.75) is 0 Å². The number of hydrogen-bond donors (Lipinski definition) is 1. The lowest BCUT2D eigenvalue weighted by atomic mass is 10.1. The van der Waals surface area contributed by atoms with Crippen LogP contribution in [0, 0.1) is 10.1 Å². The van der Waals surface area contributed by atoms with Crippen LogP contribution in [0.4, 0.5) is 22.9 Å². The largest absolute Gasteiger partial charge is 0.368 e. The molecule has 7 heteroatoms. The molecule has 0 unspecified atom stereocenters. The zero-order valence-electron chi connectivity index (χ0n) is 15.1. The summed E-state index contributed by atoms with van der Waals surface area (Å²) in [6, 6.07) is 15.7. The van der Waals surface area contributed by atoms with E-state index in [9.17, 15) is 10.1 Å². The number of rotatable bonds is 4. The average Bonchev–Trinajstić information content (AvgIpc) is 2.69. The number of fused-ring (bicyclic) bond motifs is 1. The predicted molar refractivity (Wildman–Crippen MR) is 108 cm³/mol. The van der Waals surface area contributed by atoms with Crippen LogP contribution in [0.1, 0.15) is 0 Å². The molecule has 0 atom stereocenters. The quantitative estimate of drug-likeness (QED) is 0.563. The molecule has 2 aromatic carbocycles. The van der Waals surface area contributed by atoms with E-state index in [0.29, 0.717) is 5.82 Å². The molecule has 0 saturated carbocycles. The van der Waals surface area contributed by atoms with Crippen LogP contribution in [0.5, 0.6) is 0 Å². The van der Waals surface area contributed by atoms with Gasteiger partial charge in [0.2, 0.25) is 0 Å². The normalized spacial score (nSPS) is 15.1. The molecule has 0 aliphatic carbocycles. The van der Waals surface area contributed by atoms with Crippen molar-refractivity contribution in [2.24, 2.45) is 0 Å². The molecule has 138 valence electrons. The fraction of sp³-hybridized carbons (Fsp3) is 0.250. The Morgan fingerprint density at radius 2 is 1.89 bits per heavy atom. The molecule has 1 fully saturated rings. The van der Waals surface area contributed by atoms with Gasteiger partial charge in [-0.15, -0.1) is 0 Å². The minimum Gasteiger partial charge on any atom is -0.368 e. The number of piperazine rings is 1. The van der Waals surface area contributed by atoms with Gasteiger partial charge < -0.3 is 15.1 Å². The maximum absolute atomic E-state index is 10.8. The number of nitrogens with zero attached hydrogens (tertiary/aromatic N) is 4. The molecule has 1 aromatic heterocycles. The molecule has 27 heavy (non-hydrogen) atoms. The highest BCUT2D eigenvalue weighted by Gasteiger charge is 2.16. The summed E-state index contributed by atoms with van der Waals surface area (Å²) in [6.45, 7) is 4.14. The lowest BCUT2D eigenvalue weighted by molar-refractivity contribution is -0.385. The van der Waals surface area contributed by atoms with E-state index in [1.807, 2.05) is 6.07 Å². The fourth-order valence-corrected chi connectivity index (χ4v) is 3.37. The van der Waals surface area contributed by atoms with Crippen LogP contribution in [0.3, 0.4) is 0 Å². The summed E-state index contributed by atoms with van der Waals surface area (Å²) in [5.41, 5.74) is 2.13. The zero-order valence-corrected chi connectivity index (χ0v) is 15.1. The Kier molecular flexibility index (Phi) is 4.60. The highest BCUT2D eigenvalue weighted by Crippen LogP contribution is 2.31. The van der Waals surface area contributed by atoms with Crippen LogP contribution in [0.15, 0.2) is 54.7 Å². The van der Waals surface area contributed by atoms with E-state index >= 15 is 0 Å². The fourth-order valence-electron chi connectivity index (χ4n) is 3.37. The maximum atomic E-state index is 10.8. The van der Waals surface area contributed by atoms with E-state index in [4.69, 9.17) is 0 Å². The van der Waals surface area contributed by atoms with Crippen LogP contribution in [0.2, 0.25) is 0 Å². The summed E-state index contributed by atoms with van der Waals surface area (Å²) >= 11 is 0. The van der Waals surface area contributed by atoms with Crippen molar-refractivity contribution in [1.82, 2.24) is 9.88 Å². The summed E-state index contributed by atoms with van der Waals surface area (Å²) in [5, 5.41) is 16.4. The second kappa shape index (κ2) is 7.20. The first-order valence-electron chi connectivity index (χ1n) is 8.94. The summed E-state index contributed by atoms with van der Waals surface area (Å²) < 4.78 is 0. The highest BCUT2D eigenvalue weighted by atomic mass is 16.6. The average molecular weight is 363 g/mol. The molecule has 1 aliphatic heterocycles. The van der Waals surface area contributed by atoms with E-state index in [2.05, 4.69) is 57.5 Å². The standard InChI is InChI=1S/C20H21N5O2/c1-23-9-11-24(12-10-23)19-4-2-3-15-5-6-16(13-18(15)19)22-20-8-7-17(14-21-20)25(26)27/h2-8,13-14H,9-12H2,1H3,(H,21,22). The summed E-state index contributed by atoms with van der Waals surface area (Å²) in [6.07, 6.45) is 1.26. The van der Waals surface area contributed by atoms with Crippen molar-refractivity contribution < 1.29 is 4.92 Å². The van der Waals surface area contributed by atoms with Crippen LogP contribution in [-0.2, 0) is 0 Å². The Bertz CT molecular complexity index is 966. The predicted octanol–water partition coefficient (Wildman–Crippen LogP) is 3.64. The van der Waals surface area contributed by atoms with Crippen molar-refractivity contribution in [3.63, 3.8) is 0 Å². The number of hydrogen-bond acceptors (Lipinski definition) is 6. The molecule has 0 bridgehead atoms. The van der Waals surface area contributed by atoms with Gasteiger partial charge in [0.15, 0.2) is 0 Å². The molecule has 7 nitrogen and oxygen atoms in total. The van der Waals surface area contributed by atoms with Gasteiger partial charge in [0.1, 0.15) is 12.0 Å². The van der Waals surface area contributed by atoms with Gasteiger partial charge in [0.25, 0.3) is 5.69 Å². The van der Waals surface area contributed by atoms with E-state index < -0.39 is 4.92 Å². The third-order valence-corrected chi connectivity index (χ3v) is 4.93. The lowest BCUT2D eigenvalue weighted by Gasteiger charge is -2.34. The van der Waals surface area contributed by atoms with Crippen LogP contribution in [-0.4, -0.2) is 48.0 Å². The Morgan fingerprint density at radius 1 is 1.07 bits per heavy atom. The monoisotopic (exact) mass is 363 g/mol. The first kappa shape index (κ1) is 17.2. The zero-order chi connectivity index (χ0) is 18.8. The van der Waals surface area contributed by atoms with Crippen LogP contribution < -0.4 is 10.2 Å². The van der Waals surface area contributed by atoms with Crippen LogP contribution in [0.25, 0.3) is 10.8 Å². The highest BCUT2D eigenvalue weighted by molar-refractivity contribution is 5.96. The van der Waals surface area contributed by atoms with E-state index in [1.54, 1.807) is 6.07 Å². The van der Waals surface area contributed by atoms with E-state index in [0.717, 1.165) is 31.9 Å². The smallest absolute Gasteiger partial charge is 0.287 e. The first-order chi connectivity index (χ1) is 13.1. The first-order valence-corrected chi connectivity index (χ1v) is 8.94. The third-order valence-electron chi connectivity index (χ3n) is 4.93. The molecule has 0 radical (unpaired) electrons. The second-order valence-electron chi connectivity index (χ2n) is 6.79. The molecular formula is C20H21N5O2. The van der Waals surface area contributed by atoms with E-state index in [-0.39, 0.29) is 5.69 Å². The number of likely N-dealkylation sites (N-methyl/N-ethyl adjacent to an activating group) is 1. The van der Waals surface area contributed by atoms with Crippen molar-refractivity contribution in [2.75, 3.05) is 43.4 Å². The number of benzene rings is 2.